The van der Waals surface area contributed by atoms with E-state index in [1.807, 2.05) is 0 Å². The van der Waals surface area contributed by atoms with Crippen LogP contribution in [-0.4, -0.2) is 30.5 Å². The van der Waals surface area contributed by atoms with Crippen molar-refractivity contribution in [3.05, 3.63) is 30.7 Å². The van der Waals surface area contributed by atoms with E-state index in [9.17, 15) is 4.79 Å². The Kier molecular flexibility index (Phi) is 10.5. The van der Waals surface area contributed by atoms with Crippen molar-refractivity contribution in [1.82, 2.24) is 0 Å². The molecule has 1 nitrogen and oxygen atoms in total. The number of hydrogen-bond donors (Lipinski definition) is 0. The Bertz CT molecular complexity index is 557. The topological polar surface area (TPSA) is 17.1 Å². The Hall–Kier alpha value is 1.37. The molecule has 1 radical (unpaired) electrons. The quantitative estimate of drug-likeness (QED) is 0.205. The number of carbonyl (C=O) groups excluding carboxylic acids is 1. The molecule has 0 amide bonds. The van der Waals surface area contributed by atoms with Crippen LogP contribution in [0.25, 0.3) is 0 Å². The molecule has 0 spiro atoms. The second-order valence-corrected chi connectivity index (χ2v) is 9.63. The van der Waals surface area contributed by atoms with E-state index < -0.39 is 0 Å². The normalized spacial score (nSPS) is 13.3. The predicted octanol–water partition coefficient (Wildman–Crippen LogP) is 7.46. The molecule has 0 aliphatic carbocycles. The molecule has 125 valence electrons. The molecule has 0 N–H and O–H groups in total. The molecule has 1 aromatic rings. The summed E-state index contributed by atoms with van der Waals surface area (Å²) in [5.41, 5.74) is 0.259. The van der Waals surface area contributed by atoms with Crippen molar-refractivity contribution >= 4 is 91.0 Å². The van der Waals surface area contributed by atoms with Crippen molar-refractivity contribution in [2.24, 2.45) is 11.3 Å². The maximum Gasteiger partial charge on any atom is 0.184 e. The zero-order valence-corrected chi connectivity index (χ0v) is 18.6. The molecule has 0 aliphatic rings. The molecule has 0 fully saturated rings. The fourth-order valence-corrected chi connectivity index (χ4v) is 4.85. The van der Waals surface area contributed by atoms with Crippen LogP contribution in [0.5, 0.6) is 0 Å². The van der Waals surface area contributed by atoms with Gasteiger partial charge < -0.3 is 0 Å². The molecule has 23 heavy (non-hydrogen) atoms. The standard InChI is InChI=1S/C15H18Cl5OP.Li/c1-7(5-15(2,3)4)6-22-14(21)8-9(16)11(18)13(20)12(19)10(8)17;/h7,22H,5-6H2,1-4H3;. The van der Waals surface area contributed by atoms with Gasteiger partial charge in [0.15, 0.2) is 5.52 Å². The van der Waals surface area contributed by atoms with E-state index in [0.717, 1.165) is 12.6 Å². The van der Waals surface area contributed by atoms with Crippen LogP contribution in [0, 0.1) is 11.3 Å². The van der Waals surface area contributed by atoms with Crippen molar-refractivity contribution in [2.75, 3.05) is 6.16 Å². The summed E-state index contributed by atoms with van der Waals surface area (Å²) in [6.07, 6.45) is 1.82. The molecular formula is C15H18Cl5LiOP. The van der Waals surface area contributed by atoms with Crippen molar-refractivity contribution in [3.8, 4) is 0 Å². The van der Waals surface area contributed by atoms with Gasteiger partial charge in [-0.05, 0) is 32.5 Å². The van der Waals surface area contributed by atoms with Gasteiger partial charge in [0.05, 0.1) is 30.7 Å². The summed E-state index contributed by atoms with van der Waals surface area (Å²) in [5.74, 6) is 0.429. The van der Waals surface area contributed by atoms with Crippen LogP contribution in [0.2, 0.25) is 25.1 Å². The van der Waals surface area contributed by atoms with Gasteiger partial charge in [-0.1, -0.05) is 85.7 Å². The maximum atomic E-state index is 12.5. The van der Waals surface area contributed by atoms with E-state index in [-0.39, 0.29) is 69.1 Å². The third-order valence-electron chi connectivity index (χ3n) is 3.01. The summed E-state index contributed by atoms with van der Waals surface area (Å²) in [4.78, 5) is 12.5. The Morgan fingerprint density at radius 3 is 1.74 bits per heavy atom. The molecule has 8 heteroatoms. The largest absolute Gasteiger partial charge is 0.289 e. The monoisotopic (exact) mass is 427 g/mol. The van der Waals surface area contributed by atoms with E-state index in [1.54, 1.807) is 0 Å². The van der Waals surface area contributed by atoms with Crippen molar-refractivity contribution in [3.63, 3.8) is 0 Å². The van der Waals surface area contributed by atoms with Gasteiger partial charge >= 0.3 is 0 Å². The van der Waals surface area contributed by atoms with E-state index in [2.05, 4.69) is 27.7 Å². The number of benzene rings is 1. The minimum atomic E-state index is -0.142. The molecule has 1 aromatic carbocycles. The summed E-state index contributed by atoms with van der Waals surface area (Å²) >= 11 is 30.2. The van der Waals surface area contributed by atoms with E-state index in [1.165, 1.54) is 0 Å². The third kappa shape index (κ3) is 6.88. The molecule has 2 unspecified atom stereocenters. The molecule has 2 atom stereocenters. The maximum absolute atomic E-state index is 12.5. The molecule has 0 saturated carbocycles. The van der Waals surface area contributed by atoms with Gasteiger partial charge in [-0.2, -0.15) is 0 Å². The minimum absolute atomic E-state index is 0. The van der Waals surface area contributed by atoms with E-state index in [0.29, 0.717) is 5.92 Å². The Morgan fingerprint density at radius 1 is 0.957 bits per heavy atom. The second kappa shape index (κ2) is 9.90. The molecular weight excluding hydrogens is 411 g/mol. The molecule has 1 rings (SSSR count). The van der Waals surface area contributed by atoms with Gasteiger partial charge in [0.1, 0.15) is 0 Å². The first-order valence-electron chi connectivity index (χ1n) is 6.75. The summed E-state index contributed by atoms with van der Waals surface area (Å²) in [6, 6.07) is 0. The number of carbonyl (C=O) groups is 1. The Morgan fingerprint density at radius 2 is 1.35 bits per heavy atom. The zero-order valence-electron chi connectivity index (χ0n) is 13.8. The first-order chi connectivity index (χ1) is 9.95. The summed E-state index contributed by atoms with van der Waals surface area (Å²) < 4.78 is 0. The van der Waals surface area contributed by atoms with Gasteiger partial charge in [-0.15, -0.1) is 0 Å². The molecule has 0 aromatic heterocycles. The van der Waals surface area contributed by atoms with Crippen LogP contribution in [0.1, 0.15) is 44.5 Å². The molecule has 0 saturated heterocycles. The fourth-order valence-electron chi connectivity index (χ4n) is 2.28. The van der Waals surface area contributed by atoms with Crippen LogP contribution in [0.15, 0.2) is 0 Å². The molecule has 0 bridgehead atoms. The van der Waals surface area contributed by atoms with Crippen LogP contribution >= 0.6 is 66.6 Å². The van der Waals surface area contributed by atoms with Crippen molar-refractivity contribution in [2.45, 2.75) is 34.1 Å². The van der Waals surface area contributed by atoms with Crippen LogP contribution < -0.4 is 0 Å². The second-order valence-electron chi connectivity index (χ2n) is 6.52. The first-order valence-corrected chi connectivity index (χ1v) is 9.85. The average molecular weight is 429 g/mol. The van der Waals surface area contributed by atoms with Gasteiger partial charge in [0.25, 0.3) is 0 Å². The smallest absolute Gasteiger partial charge is 0.184 e. The summed E-state index contributed by atoms with van der Waals surface area (Å²) in [5, 5.41) is 0.339. The number of halogens is 5. The molecule has 0 aliphatic heterocycles. The zero-order chi connectivity index (χ0) is 17.2. The van der Waals surface area contributed by atoms with Crippen LogP contribution in [-0.2, 0) is 0 Å². The Balaban J connectivity index is 0.00000484. The van der Waals surface area contributed by atoms with Gasteiger partial charge in [-0.25, -0.2) is 0 Å². The SMILES string of the molecule is CC(CPC(=O)c1c(Cl)c(Cl)c(Cl)c(Cl)c1Cl)CC(C)(C)C.[Li]. The summed E-state index contributed by atoms with van der Waals surface area (Å²) in [7, 11) is 0.0638. The van der Waals surface area contributed by atoms with Crippen molar-refractivity contribution in [1.29, 1.82) is 0 Å². The summed E-state index contributed by atoms with van der Waals surface area (Å²) in [6.45, 7) is 8.68. The van der Waals surface area contributed by atoms with Crippen LogP contribution in [0.3, 0.4) is 0 Å². The Labute approximate surface area is 177 Å². The van der Waals surface area contributed by atoms with Crippen LogP contribution in [0.4, 0.5) is 0 Å². The first kappa shape index (κ1) is 24.4. The fraction of sp³-hybridized carbons (Fsp3) is 0.533. The van der Waals surface area contributed by atoms with E-state index >= 15 is 0 Å². The van der Waals surface area contributed by atoms with Gasteiger partial charge in [0.2, 0.25) is 0 Å². The predicted molar refractivity (Wildman–Crippen MR) is 108 cm³/mol. The van der Waals surface area contributed by atoms with Gasteiger partial charge in [-0.3, -0.25) is 4.79 Å². The molecule has 0 heterocycles. The average Bonchev–Trinajstić information content (AvgIpc) is 2.39. The number of hydrogen-bond acceptors (Lipinski definition) is 1. The van der Waals surface area contributed by atoms with Gasteiger partial charge in [0, 0.05) is 18.9 Å². The third-order valence-corrected chi connectivity index (χ3v) is 6.76. The minimum Gasteiger partial charge on any atom is -0.289 e. The van der Waals surface area contributed by atoms with Crippen molar-refractivity contribution < 1.29 is 4.79 Å². The van der Waals surface area contributed by atoms with E-state index in [4.69, 9.17) is 58.0 Å². The number of rotatable bonds is 5.